The fraction of sp³-hybridized carbons (Fsp3) is 0.444. The summed E-state index contributed by atoms with van der Waals surface area (Å²) in [6.45, 7) is 4.66. The molecule has 0 unspecified atom stereocenters. The molecule has 0 amide bonds. The molecule has 0 saturated carbocycles. The van der Waals surface area contributed by atoms with Gasteiger partial charge in [0.15, 0.2) is 10.7 Å². The van der Waals surface area contributed by atoms with Gasteiger partial charge in [-0.2, -0.15) is 4.99 Å². The lowest BCUT2D eigenvalue weighted by atomic mass is 10.2. The monoisotopic (exact) mass is 255 g/mol. The summed E-state index contributed by atoms with van der Waals surface area (Å²) in [7, 11) is -3.61. The molecule has 17 heavy (non-hydrogen) atoms. The van der Waals surface area contributed by atoms with Crippen molar-refractivity contribution < 1.29 is 8.42 Å². The number of guanidine groups is 1. The molecule has 2 rings (SSSR count). The average molecular weight is 255 g/mol. The highest BCUT2D eigenvalue weighted by molar-refractivity contribution is 7.90. The van der Waals surface area contributed by atoms with Gasteiger partial charge in [0.05, 0.1) is 6.20 Å². The van der Waals surface area contributed by atoms with Gasteiger partial charge in [-0.1, -0.05) is 13.8 Å². The van der Waals surface area contributed by atoms with E-state index in [4.69, 9.17) is 0 Å². The fourth-order valence-corrected chi connectivity index (χ4v) is 2.29. The van der Waals surface area contributed by atoms with Crippen LogP contribution in [0.4, 0.5) is 5.82 Å². The Hall–Kier alpha value is -1.70. The molecule has 2 heterocycles. The second kappa shape index (κ2) is 4.28. The lowest BCUT2D eigenvalue weighted by molar-refractivity contribution is 0.585. The van der Waals surface area contributed by atoms with Crippen molar-refractivity contribution in [3.8, 4) is 0 Å². The molecule has 2 N–H and O–H groups in total. The van der Waals surface area contributed by atoms with Gasteiger partial charge < -0.3 is 5.32 Å². The fourth-order valence-electron chi connectivity index (χ4n) is 1.27. The van der Waals surface area contributed by atoms with Crippen molar-refractivity contribution in [3.63, 3.8) is 0 Å². The van der Waals surface area contributed by atoms with Gasteiger partial charge in [0.2, 0.25) is 5.96 Å². The van der Waals surface area contributed by atoms with Gasteiger partial charge in [-0.15, -0.1) is 0 Å². The number of hydrogen-bond donors (Lipinski definition) is 2. The molecular weight excluding hydrogens is 242 g/mol. The standard InChI is InChI=1S/C9H13N5O2S/c1-6(2)3-11-9-13-8-7(4-10-5-12-8)17(15,16)14-9/h4-6H,3H2,1-2H3,(H2,10,11,12,13,14). The third-order valence-electron chi connectivity index (χ3n) is 2.07. The van der Waals surface area contributed by atoms with E-state index >= 15 is 0 Å². The van der Waals surface area contributed by atoms with Crippen molar-refractivity contribution in [3.05, 3.63) is 12.5 Å². The smallest absolute Gasteiger partial charge is 0.269 e. The molecule has 8 heteroatoms. The number of sulfonamides is 1. The second-order valence-corrected chi connectivity index (χ2v) is 5.70. The normalized spacial score (nSPS) is 17.0. The van der Waals surface area contributed by atoms with Crippen molar-refractivity contribution in [1.82, 2.24) is 20.0 Å². The first-order chi connectivity index (χ1) is 7.99. The largest absolute Gasteiger partial charge is 0.355 e. The van der Waals surface area contributed by atoms with Crippen molar-refractivity contribution in [1.29, 1.82) is 0 Å². The van der Waals surface area contributed by atoms with Gasteiger partial charge in [-0.3, -0.25) is 0 Å². The summed E-state index contributed by atoms with van der Waals surface area (Å²) in [6, 6.07) is 0. The van der Waals surface area contributed by atoms with E-state index in [1.807, 2.05) is 13.8 Å². The first-order valence-corrected chi connectivity index (χ1v) is 6.63. The maximum Gasteiger partial charge on any atom is 0.269 e. The summed E-state index contributed by atoms with van der Waals surface area (Å²) >= 11 is 0. The van der Waals surface area contributed by atoms with E-state index in [2.05, 4.69) is 25.0 Å². The molecular formula is C9H13N5O2S. The maximum absolute atomic E-state index is 11.8. The molecule has 0 radical (unpaired) electrons. The summed E-state index contributed by atoms with van der Waals surface area (Å²) in [6.07, 6.45) is 2.50. The highest BCUT2D eigenvalue weighted by Crippen LogP contribution is 2.22. The number of nitrogens with one attached hydrogen (secondary N) is 2. The lowest BCUT2D eigenvalue weighted by Gasteiger charge is -2.18. The molecule has 7 nitrogen and oxygen atoms in total. The zero-order valence-corrected chi connectivity index (χ0v) is 10.3. The lowest BCUT2D eigenvalue weighted by Crippen LogP contribution is -2.44. The number of nitrogens with zero attached hydrogens (tertiary/aromatic N) is 3. The van der Waals surface area contributed by atoms with Crippen LogP contribution >= 0.6 is 0 Å². The molecule has 0 aromatic carbocycles. The van der Waals surface area contributed by atoms with Crippen molar-refractivity contribution in [2.75, 3.05) is 6.54 Å². The van der Waals surface area contributed by atoms with Crippen LogP contribution in [0.2, 0.25) is 0 Å². The molecule has 1 aliphatic rings. The minimum absolute atomic E-state index is 0.00454. The van der Waals surface area contributed by atoms with Gasteiger partial charge in [0, 0.05) is 6.54 Å². The number of hydrogen-bond acceptors (Lipinski definition) is 6. The topological polar surface area (TPSA) is 96.3 Å². The highest BCUT2D eigenvalue weighted by Gasteiger charge is 2.26. The van der Waals surface area contributed by atoms with Gasteiger partial charge in [-0.05, 0) is 5.92 Å². The van der Waals surface area contributed by atoms with Crippen molar-refractivity contribution in [2.24, 2.45) is 10.9 Å². The Morgan fingerprint density at radius 2 is 2.24 bits per heavy atom. The third kappa shape index (κ3) is 2.52. The zero-order chi connectivity index (χ0) is 12.5. The molecule has 0 atom stereocenters. The number of aromatic nitrogens is 2. The minimum atomic E-state index is -3.61. The van der Waals surface area contributed by atoms with E-state index in [0.29, 0.717) is 12.5 Å². The Labute approximate surface area is 99.4 Å². The second-order valence-electron chi connectivity index (χ2n) is 4.05. The van der Waals surface area contributed by atoms with Crippen molar-refractivity contribution >= 4 is 21.8 Å². The Balaban J connectivity index is 2.32. The number of rotatable bonds is 2. The summed E-state index contributed by atoms with van der Waals surface area (Å²) in [5.74, 6) is 0.740. The Bertz CT molecular complexity index is 552. The van der Waals surface area contributed by atoms with Gasteiger partial charge in [-0.25, -0.2) is 23.1 Å². The van der Waals surface area contributed by atoms with Crippen LogP contribution in [0.25, 0.3) is 0 Å². The molecule has 0 saturated heterocycles. The number of fused-ring (bicyclic) bond motifs is 1. The van der Waals surface area contributed by atoms with Crippen molar-refractivity contribution in [2.45, 2.75) is 18.7 Å². The minimum Gasteiger partial charge on any atom is -0.355 e. The Kier molecular flexibility index (Phi) is 2.97. The van der Waals surface area contributed by atoms with E-state index in [9.17, 15) is 8.42 Å². The van der Waals surface area contributed by atoms with E-state index in [1.54, 1.807) is 0 Å². The Morgan fingerprint density at radius 1 is 1.47 bits per heavy atom. The molecule has 0 aliphatic carbocycles. The van der Waals surface area contributed by atoms with Crippen LogP contribution < -0.4 is 10.0 Å². The Morgan fingerprint density at radius 3 is 2.94 bits per heavy atom. The third-order valence-corrected chi connectivity index (χ3v) is 3.40. The highest BCUT2D eigenvalue weighted by atomic mass is 32.2. The molecule has 0 fully saturated rings. The summed E-state index contributed by atoms with van der Waals surface area (Å²) in [4.78, 5) is 11.6. The first kappa shape index (κ1) is 11.8. The van der Waals surface area contributed by atoms with E-state index in [-0.39, 0.29) is 16.7 Å². The molecule has 1 aromatic rings. The van der Waals surface area contributed by atoms with E-state index in [0.717, 1.165) is 0 Å². The van der Waals surface area contributed by atoms with Crippen LogP contribution in [0.1, 0.15) is 13.8 Å². The zero-order valence-electron chi connectivity index (χ0n) is 9.51. The first-order valence-electron chi connectivity index (χ1n) is 5.14. The SMILES string of the molecule is CC(C)CNC1=Nc2ncncc2S(=O)(=O)N1. The van der Waals surface area contributed by atoms with E-state index in [1.165, 1.54) is 12.5 Å². The maximum atomic E-state index is 11.8. The number of aliphatic imine (C=N–C) groups is 1. The predicted molar refractivity (Wildman–Crippen MR) is 62.3 cm³/mol. The predicted octanol–water partition coefficient (Wildman–Crippen LogP) is 0.00160. The van der Waals surface area contributed by atoms with Crippen LogP contribution in [-0.4, -0.2) is 30.9 Å². The summed E-state index contributed by atoms with van der Waals surface area (Å²) in [5, 5.41) is 2.92. The molecule has 0 spiro atoms. The van der Waals surface area contributed by atoms with Crippen LogP contribution in [0, 0.1) is 5.92 Å². The quantitative estimate of drug-likeness (QED) is 0.775. The molecule has 1 aromatic heterocycles. The van der Waals surface area contributed by atoms with Crippen LogP contribution in [0.15, 0.2) is 22.4 Å². The van der Waals surface area contributed by atoms with Gasteiger partial charge in [0.25, 0.3) is 10.0 Å². The van der Waals surface area contributed by atoms with Crippen LogP contribution in [0.5, 0.6) is 0 Å². The molecule has 92 valence electrons. The summed E-state index contributed by atoms with van der Waals surface area (Å²) < 4.78 is 26.0. The van der Waals surface area contributed by atoms with Crippen LogP contribution in [-0.2, 0) is 10.0 Å². The van der Waals surface area contributed by atoms with Gasteiger partial charge >= 0.3 is 0 Å². The van der Waals surface area contributed by atoms with E-state index < -0.39 is 10.0 Å². The molecule has 1 aliphatic heterocycles. The summed E-state index contributed by atoms with van der Waals surface area (Å²) in [5.41, 5.74) is 0. The van der Waals surface area contributed by atoms with Gasteiger partial charge in [0.1, 0.15) is 6.33 Å². The van der Waals surface area contributed by atoms with Crippen LogP contribution in [0.3, 0.4) is 0 Å². The molecule has 0 bridgehead atoms. The average Bonchev–Trinajstić information content (AvgIpc) is 2.25.